The molecular weight excluding hydrogens is 288 g/mol. The number of hydrogen-bond acceptors (Lipinski definition) is 3. The number of nitrogens with one attached hydrogen (secondary N) is 2. The molecule has 0 aliphatic carbocycles. The number of piperidine rings is 1. The Bertz CT molecular complexity index is 417. The molecule has 0 spiro atoms. The number of halogens is 1. The molecule has 4 nitrogen and oxygen atoms in total. The molecule has 118 valence electrons. The van der Waals surface area contributed by atoms with Crippen LogP contribution in [0.3, 0.4) is 0 Å². The predicted molar refractivity (Wildman–Crippen MR) is 87.9 cm³/mol. The van der Waals surface area contributed by atoms with Crippen LogP contribution in [0, 0.1) is 5.92 Å². The first-order chi connectivity index (χ1) is 9.78. The Morgan fingerprint density at radius 1 is 1.24 bits per heavy atom. The number of benzene rings is 1. The second-order valence-electron chi connectivity index (χ2n) is 5.45. The zero-order chi connectivity index (χ0) is 14.2. The topological polar surface area (TPSA) is 61.4 Å². The molecule has 5 heteroatoms. The van der Waals surface area contributed by atoms with Crippen LogP contribution in [0.5, 0.6) is 0 Å². The smallest absolute Gasteiger partial charge is 0.224 e. The number of amides is 1. The van der Waals surface area contributed by atoms with E-state index in [1.807, 2.05) is 24.3 Å². The van der Waals surface area contributed by atoms with Crippen LogP contribution in [-0.4, -0.2) is 30.7 Å². The minimum atomic E-state index is 0. The van der Waals surface area contributed by atoms with Gasteiger partial charge in [-0.05, 0) is 62.4 Å². The fourth-order valence-electron chi connectivity index (χ4n) is 2.61. The first-order valence-corrected chi connectivity index (χ1v) is 7.48. The summed E-state index contributed by atoms with van der Waals surface area (Å²) < 4.78 is 0. The van der Waals surface area contributed by atoms with Crippen LogP contribution in [0.15, 0.2) is 24.3 Å². The van der Waals surface area contributed by atoms with E-state index >= 15 is 0 Å². The molecule has 1 aliphatic heterocycles. The Labute approximate surface area is 132 Å². The molecule has 1 saturated heterocycles. The molecule has 3 N–H and O–H groups in total. The lowest BCUT2D eigenvalue weighted by Crippen LogP contribution is -2.28. The van der Waals surface area contributed by atoms with Crippen molar-refractivity contribution >= 4 is 24.0 Å². The van der Waals surface area contributed by atoms with Gasteiger partial charge in [0.05, 0.1) is 0 Å². The summed E-state index contributed by atoms with van der Waals surface area (Å²) in [6.45, 7) is 2.32. The van der Waals surface area contributed by atoms with Crippen molar-refractivity contribution in [1.29, 1.82) is 0 Å². The Morgan fingerprint density at radius 2 is 1.90 bits per heavy atom. The van der Waals surface area contributed by atoms with Crippen molar-refractivity contribution in [3.05, 3.63) is 29.8 Å². The van der Waals surface area contributed by atoms with Crippen LogP contribution < -0.4 is 10.6 Å². The number of hydrogen-bond donors (Lipinski definition) is 3. The lowest BCUT2D eigenvalue weighted by atomic mass is 9.93. The maximum atomic E-state index is 11.9. The summed E-state index contributed by atoms with van der Waals surface area (Å²) in [7, 11) is 0. The zero-order valence-electron chi connectivity index (χ0n) is 12.3. The van der Waals surface area contributed by atoms with E-state index < -0.39 is 0 Å². The number of carbonyl (C=O) groups excluding carboxylic acids is 1. The molecule has 1 heterocycles. The van der Waals surface area contributed by atoms with Gasteiger partial charge in [-0.3, -0.25) is 4.79 Å². The molecule has 1 fully saturated rings. The summed E-state index contributed by atoms with van der Waals surface area (Å²) in [5, 5.41) is 15.1. The Kier molecular flexibility index (Phi) is 8.35. The van der Waals surface area contributed by atoms with Crippen molar-refractivity contribution < 1.29 is 9.90 Å². The molecule has 21 heavy (non-hydrogen) atoms. The summed E-state index contributed by atoms with van der Waals surface area (Å²) in [5.74, 6) is 0.785. The summed E-state index contributed by atoms with van der Waals surface area (Å²) in [6.07, 6.45) is 4.61. The van der Waals surface area contributed by atoms with Crippen LogP contribution in [0.2, 0.25) is 0 Å². The van der Waals surface area contributed by atoms with Crippen molar-refractivity contribution in [1.82, 2.24) is 5.32 Å². The molecule has 0 atom stereocenters. The monoisotopic (exact) mass is 312 g/mol. The SMILES string of the molecule is Cl.O=C(CCC1CCNCC1)Nc1ccc(CCO)cc1. The predicted octanol–water partition coefficient (Wildman–Crippen LogP) is 2.36. The van der Waals surface area contributed by atoms with E-state index in [-0.39, 0.29) is 24.9 Å². The average Bonchev–Trinajstić information content (AvgIpc) is 2.49. The summed E-state index contributed by atoms with van der Waals surface area (Å²) in [5.41, 5.74) is 1.92. The number of aliphatic hydroxyl groups is 1. The summed E-state index contributed by atoms with van der Waals surface area (Å²) in [4.78, 5) is 11.9. The van der Waals surface area contributed by atoms with Gasteiger partial charge in [0, 0.05) is 18.7 Å². The zero-order valence-corrected chi connectivity index (χ0v) is 13.1. The van der Waals surface area contributed by atoms with E-state index in [1.54, 1.807) is 0 Å². The minimum Gasteiger partial charge on any atom is -0.396 e. The number of aliphatic hydroxyl groups excluding tert-OH is 1. The second-order valence-corrected chi connectivity index (χ2v) is 5.45. The normalized spacial score (nSPS) is 15.3. The van der Waals surface area contributed by atoms with Crippen LogP contribution in [0.1, 0.15) is 31.2 Å². The van der Waals surface area contributed by atoms with Gasteiger partial charge in [0.2, 0.25) is 5.91 Å². The minimum absolute atomic E-state index is 0. The molecule has 0 radical (unpaired) electrons. The van der Waals surface area contributed by atoms with Crippen LogP contribution in [0.4, 0.5) is 5.69 Å². The Balaban J connectivity index is 0.00000220. The fraction of sp³-hybridized carbons (Fsp3) is 0.562. The number of carbonyl (C=O) groups is 1. The molecule has 0 bridgehead atoms. The van der Waals surface area contributed by atoms with Crippen molar-refractivity contribution in [2.75, 3.05) is 25.0 Å². The highest BCUT2D eigenvalue weighted by atomic mass is 35.5. The third-order valence-corrected chi connectivity index (χ3v) is 3.88. The summed E-state index contributed by atoms with van der Waals surface area (Å²) in [6, 6.07) is 7.68. The van der Waals surface area contributed by atoms with Gasteiger partial charge in [0.15, 0.2) is 0 Å². The van der Waals surface area contributed by atoms with Gasteiger partial charge in [-0.1, -0.05) is 12.1 Å². The highest BCUT2D eigenvalue weighted by Crippen LogP contribution is 2.18. The molecular formula is C16H25ClN2O2. The van der Waals surface area contributed by atoms with Gasteiger partial charge in [-0.2, -0.15) is 0 Å². The van der Waals surface area contributed by atoms with Crippen molar-refractivity contribution in [3.63, 3.8) is 0 Å². The molecule has 2 rings (SSSR count). The molecule has 1 aliphatic rings. The van der Waals surface area contributed by atoms with Crippen molar-refractivity contribution in [3.8, 4) is 0 Å². The van der Waals surface area contributed by atoms with Gasteiger partial charge in [-0.25, -0.2) is 0 Å². The maximum Gasteiger partial charge on any atom is 0.224 e. The van der Waals surface area contributed by atoms with Crippen molar-refractivity contribution in [2.24, 2.45) is 5.92 Å². The first-order valence-electron chi connectivity index (χ1n) is 7.48. The highest BCUT2D eigenvalue weighted by Gasteiger charge is 2.14. The van der Waals surface area contributed by atoms with Crippen LogP contribution >= 0.6 is 12.4 Å². The van der Waals surface area contributed by atoms with E-state index in [0.717, 1.165) is 30.8 Å². The van der Waals surface area contributed by atoms with E-state index in [0.29, 0.717) is 18.8 Å². The van der Waals surface area contributed by atoms with Gasteiger partial charge < -0.3 is 15.7 Å². The highest BCUT2D eigenvalue weighted by molar-refractivity contribution is 5.90. The van der Waals surface area contributed by atoms with Gasteiger partial charge in [0.1, 0.15) is 0 Å². The van der Waals surface area contributed by atoms with Gasteiger partial charge in [-0.15, -0.1) is 12.4 Å². The van der Waals surface area contributed by atoms with Crippen molar-refractivity contribution in [2.45, 2.75) is 32.1 Å². The van der Waals surface area contributed by atoms with E-state index in [9.17, 15) is 4.79 Å². The second kappa shape index (κ2) is 9.77. The third kappa shape index (κ3) is 6.46. The molecule has 0 unspecified atom stereocenters. The molecule has 0 saturated carbocycles. The Hall–Kier alpha value is -1.10. The molecule has 1 aromatic rings. The first kappa shape index (κ1) is 18.0. The Morgan fingerprint density at radius 3 is 2.52 bits per heavy atom. The van der Waals surface area contributed by atoms with Crippen LogP contribution in [-0.2, 0) is 11.2 Å². The standard InChI is InChI=1S/C16H24N2O2.ClH/c19-12-9-13-1-4-15(5-2-13)18-16(20)6-3-14-7-10-17-11-8-14;/h1-2,4-5,14,17,19H,3,6-12H2,(H,18,20);1H. The molecule has 0 aromatic heterocycles. The maximum absolute atomic E-state index is 11.9. The van der Waals surface area contributed by atoms with E-state index in [4.69, 9.17) is 5.11 Å². The third-order valence-electron chi connectivity index (χ3n) is 3.88. The van der Waals surface area contributed by atoms with Crippen LogP contribution in [0.25, 0.3) is 0 Å². The fourth-order valence-corrected chi connectivity index (χ4v) is 2.61. The largest absolute Gasteiger partial charge is 0.396 e. The lowest BCUT2D eigenvalue weighted by molar-refractivity contribution is -0.116. The molecule has 1 amide bonds. The van der Waals surface area contributed by atoms with E-state index in [2.05, 4.69) is 10.6 Å². The van der Waals surface area contributed by atoms with Gasteiger partial charge in [0.25, 0.3) is 0 Å². The number of anilines is 1. The summed E-state index contributed by atoms with van der Waals surface area (Å²) >= 11 is 0. The number of rotatable bonds is 6. The average molecular weight is 313 g/mol. The lowest BCUT2D eigenvalue weighted by Gasteiger charge is -2.22. The molecule has 1 aromatic carbocycles. The quantitative estimate of drug-likeness (QED) is 0.755. The van der Waals surface area contributed by atoms with E-state index in [1.165, 1.54) is 12.8 Å². The van der Waals surface area contributed by atoms with Gasteiger partial charge >= 0.3 is 0 Å².